The van der Waals surface area contributed by atoms with Crippen molar-refractivity contribution in [3.05, 3.63) is 11.8 Å². The van der Waals surface area contributed by atoms with Gasteiger partial charge in [-0.2, -0.15) is 0 Å². The zero-order valence-electron chi connectivity index (χ0n) is 11.4. The van der Waals surface area contributed by atoms with Crippen molar-refractivity contribution in [3.8, 4) is 0 Å². The molecule has 0 saturated heterocycles. The molecule has 0 radical (unpaired) electrons. The number of hydrogen-bond acceptors (Lipinski definition) is 3. The molecule has 0 aliphatic rings. The average molecular weight is 226 g/mol. The summed E-state index contributed by atoms with van der Waals surface area (Å²) >= 11 is 0. The third-order valence-electron chi connectivity index (χ3n) is 2.82. The summed E-state index contributed by atoms with van der Waals surface area (Å²) in [5.74, 6) is 0.133. The number of allylic oxidation sites excluding steroid dienone is 1. The lowest BCUT2D eigenvalue weighted by molar-refractivity contribution is -0.112. The van der Waals surface area contributed by atoms with Gasteiger partial charge in [-0.15, -0.1) is 0 Å². The first-order chi connectivity index (χ1) is 7.58. The fourth-order valence-corrected chi connectivity index (χ4v) is 1.78. The maximum absolute atomic E-state index is 11.2. The summed E-state index contributed by atoms with van der Waals surface area (Å²) in [5, 5.41) is 0. The second-order valence-corrected chi connectivity index (χ2v) is 3.88. The first kappa shape index (κ1) is 15.2. The highest BCUT2D eigenvalue weighted by Crippen LogP contribution is 2.07. The molecular weight excluding hydrogens is 200 g/mol. The third kappa shape index (κ3) is 5.31. The van der Waals surface area contributed by atoms with Gasteiger partial charge in [0.2, 0.25) is 0 Å². The number of nitrogens with zero attached hydrogens (tertiary/aromatic N) is 2. The van der Waals surface area contributed by atoms with E-state index in [0.717, 1.165) is 38.4 Å². The van der Waals surface area contributed by atoms with Crippen LogP contribution in [0.3, 0.4) is 0 Å². The van der Waals surface area contributed by atoms with E-state index in [2.05, 4.69) is 37.5 Å². The molecule has 0 aliphatic heterocycles. The van der Waals surface area contributed by atoms with E-state index in [1.165, 1.54) is 0 Å². The summed E-state index contributed by atoms with van der Waals surface area (Å²) in [6, 6.07) is 0. The second-order valence-electron chi connectivity index (χ2n) is 3.88. The van der Waals surface area contributed by atoms with E-state index in [0.29, 0.717) is 0 Å². The van der Waals surface area contributed by atoms with Crippen LogP contribution in [0.2, 0.25) is 0 Å². The molecule has 0 rings (SSSR count). The van der Waals surface area contributed by atoms with E-state index >= 15 is 0 Å². The van der Waals surface area contributed by atoms with Gasteiger partial charge in [0.05, 0.1) is 0 Å². The Morgan fingerprint density at radius 1 is 1.00 bits per heavy atom. The SMILES string of the molecule is CCN(CC)C/C(=C/C(C)=O)N(CC)CC. The smallest absolute Gasteiger partial charge is 0.154 e. The Morgan fingerprint density at radius 2 is 1.50 bits per heavy atom. The second kappa shape index (κ2) is 8.34. The molecule has 0 aliphatic carbocycles. The van der Waals surface area contributed by atoms with Gasteiger partial charge in [-0.1, -0.05) is 13.8 Å². The minimum Gasteiger partial charge on any atom is -0.374 e. The predicted octanol–water partition coefficient (Wildman–Crippen LogP) is 2.14. The number of carbonyl (C=O) groups is 1. The first-order valence-electron chi connectivity index (χ1n) is 6.27. The van der Waals surface area contributed by atoms with Crippen molar-refractivity contribution in [1.29, 1.82) is 0 Å². The van der Waals surface area contributed by atoms with E-state index < -0.39 is 0 Å². The van der Waals surface area contributed by atoms with Gasteiger partial charge in [0.25, 0.3) is 0 Å². The van der Waals surface area contributed by atoms with Gasteiger partial charge < -0.3 is 4.90 Å². The molecule has 0 atom stereocenters. The molecule has 0 aromatic heterocycles. The molecule has 0 heterocycles. The maximum Gasteiger partial charge on any atom is 0.154 e. The van der Waals surface area contributed by atoms with Crippen molar-refractivity contribution in [2.45, 2.75) is 34.6 Å². The Bertz CT molecular complexity index is 228. The molecule has 0 fully saturated rings. The normalized spacial score (nSPS) is 12.0. The molecule has 16 heavy (non-hydrogen) atoms. The Morgan fingerprint density at radius 3 is 1.81 bits per heavy atom. The van der Waals surface area contributed by atoms with Crippen LogP contribution in [0.25, 0.3) is 0 Å². The highest BCUT2D eigenvalue weighted by Gasteiger charge is 2.10. The van der Waals surface area contributed by atoms with Gasteiger partial charge in [0, 0.05) is 31.4 Å². The molecule has 0 saturated carbocycles. The Hall–Kier alpha value is -0.830. The van der Waals surface area contributed by atoms with Crippen LogP contribution in [0.4, 0.5) is 0 Å². The minimum atomic E-state index is 0.133. The van der Waals surface area contributed by atoms with Gasteiger partial charge in [-0.05, 0) is 33.9 Å². The minimum absolute atomic E-state index is 0.133. The topological polar surface area (TPSA) is 23.6 Å². The van der Waals surface area contributed by atoms with Crippen LogP contribution in [0.15, 0.2) is 11.8 Å². The largest absolute Gasteiger partial charge is 0.374 e. The summed E-state index contributed by atoms with van der Waals surface area (Å²) in [6.45, 7) is 15.0. The van der Waals surface area contributed by atoms with Crippen molar-refractivity contribution >= 4 is 5.78 Å². The predicted molar refractivity (Wildman–Crippen MR) is 69.5 cm³/mol. The van der Waals surface area contributed by atoms with Crippen LogP contribution in [0, 0.1) is 0 Å². The lowest BCUT2D eigenvalue weighted by Crippen LogP contribution is -2.33. The third-order valence-corrected chi connectivity index (χ3v) is 2.82. The molecule has 3 heteroatoms. The Kier molecular flexibility index (Phi) is 7.90. The molecule has 0 aromatic carbocycles. The molecule has 0 unspecified atom stereocenters. The maximum atomic E-state index is 11.2. The lowest BCUT2D eigenvalue weighted by atomic mass is 10.2. The summed E-state index contributed by atoms with van der Waals surface area (Å²) in [7, 11) is 0. The fraction of sp³-hybridized carbons (Fsp3) is 0.769. The van der Waals surface area contributed by atoms with E-state index in [-0.39, 0.29) is 5.78 Å². The molecule has 0 aromatic rings. The molecule has 0 amide bonds. The Labute approximate surface area is 100 Å². The van der Waals surface area contributed by atoms with E-state index in [4.69, 9.17) is 0 Å². The number of ketones is 1. The van der Waals surface area contributed by atoms with E-state index in [1.54, 1.807) is 13.0 Å². The molecule has 0 bridgehead atoms. The fourth-order valence-electron chi connectivity index (χ4n) is 1.78. The molecular formula is C13H26N2O. The van der Waals surface area contributed by atoms with Crippen LogP contribution in [0.1, 0.15) is 34.6 Å². The van der Waals surface area contributed by atoms with Crippen molar-refractivity contribution in [1.82, 2.24) is 9.80 Å². The zero-order valence-corrected chi connectivity index (χ0v) is 11.4. The summed E-state index contributed by atoms with van der Waals surface area (Å²) in [6.07, 6.45) is 1.77. The quantitative estimate of drug-likeness (QED) is 0.592. The lowest BCUT2D eigenvalue weighted by Gasteiger charge is -2.28. The van der Waals surface area contributed by atoms with Crippen molar-refractivity contribution in [3.63, 3.8) is 0 Å². The van der Waals surface area contributed by atoms with Crippen LogP contribution < -0.4 is 0 Å². The van der Waals surface area contributed by atoms with Crippen LogP contribution in [-0.2, 0) is 4.79 Å². The monoisotopic (exact) mass is 226 g/mol. The highest BCUT2D eigenvalue weighted by atomic mass is 16.1. The number of carbonyl (C=O) groups excluding carboxylic acids is 1. The summed E-state index contributed by atoms with van der Waals surface area (Å²) < 4.78 is 0. The average Bonchev–Trinajstić information content (AvgIpc) is 2.26. The van der Waals surface area contributed by atoms with Crippen molar-refractivity contribution in [2.75, 3.05) is 32.7 Å². The first-order valence-corrected chi connectivity index (χ1v) is 6.27. The molecule has 3 nitrogen and oxygen atoms in total. The summed E-state index contributed by atoms with van der Waals surface area (Å²) in [5.41, 5.74) is 1.14. The summed E-state index contributed by atoms with van der Waals surface area (Å²) in [4.78, 5) is 15.8. The van der Waals surface area contributed by atoms with Gasteiger partial charge in [-0.3, -0.25) is 9.69 Å². The number of hydrogen-bond donors (Lipinski definition) is 0. The Balaban J connectivity index is 4.73. The van der Waals surface area contributed by atoms with Crippen LogP contribution in [-0.4, -0.2) is 48.3 Å². The molecule has 94 valence electrons. The van der Waals surface area contributed by atoms with Crippen molar-refractivity contribution in [2.24, 2.45) is 0 Å². The van der Waals surface area contributed by atoms with Crippen LogP contribution >= 0.6 is 0 Å². The van der Waals surface area contributed by atoms with Gasteiger partial charge in [-0.25, -0.2) is 0 Å². The van der Waals surface area contributed by atoms with Gasteiger partial charge in [0.1, 0.15) is 0 Å². The zero-order chi connectivity index (χ0) is 12.6. The van der Waals surface area contributed by atoms with Gasteiger partial charge >= 0.3 is 0 Å². The van der Waals surface area contributed by atoms with Crippen LogP contribution in [0.5, 0.6) is 0 Å². The molecule has 0 spiro atoms. The number of rotatable bonds is 8. The standard InChI is InChI=1S/C13H26N2O/c1-6-14(7-2)11-13(10-12(5)16)15(8-3)9-4/h10H,6-9,11H2,1-5H3/b13-10-. The van der Waals surface area contributed by atoms with E-state index in [9.17, 15) is 4.79 Å². The van der Waals surface area contributed by atoms with Crippen molar-refractivity contribution < 1.29 is 4.79 Å². The van der Waals surface area contributed by atoms with E-state index in [1.807, 2.05) is 0 Å². The van der Waals surface area contributed by atoms with Gasteiger partial charge in [0.15, 0.2) is 5.78 Å². The highest BCUT2D eigenvalue weighted by molar-refractivity contribution is 5.87. The number of likely N-dealkylation sites (N-methyl/N-ethyl adjacent to an activating group) is 2. The molecule has 0 N–H and O–H groups in total.